The van der Waals surface area contributed by atoms with Crippen molar-refractivity contribution in [2.45, 2.75) is 19.4 Å². The number of nitrogens with one attached hydrogen (secondary N) is 1. The molecule has 0 aliphatic carbocycles. The van der Waals surface area contributed by atoms with Crippen LogP contribution in [0.5, 0.6) is 5.75 Å². The van der Waals surface area contributed by atoms with Gasteiger partial charge in [0.05, 0.1) is 29.4 Å². The Morgan fingerprint density at radius 2 is 2.08 bits per heavy atom. The number of fused-ring (bicyclic) bond motifs is 1. The van der Waals surface area contributed by atoms with E-state index in [9.17, 15) is 9.59 Å². The number of hydrogen-bond donors (Lipinski definition) is 1. The smallest absolute Gasteiger partial charge is 0.261 e. The number of nitrogens with zero attached hydrogens (tertiary/aromatic N) is 2. The molecule has 3 rings (SSSR count). The number of anilines is 1. The highest BCUT2D eigenvalue weighted by atomic mass is 35.5. The summed E-state index contributed by atoms with van der Waals surface area (Å²) in [5.41, 5.74) is 0.886. The molecule has 1 unspecified atom stereocenters. The molecule has 0 aliphatic rings. The van der Waals surface area contributed by atoms with Crippen molar-refractivity contribution in [3.63, 3.8) is 0 Å². The molecule has 1 N–H and O–H groups in total. The van der Waals surface area contributed by atoms with Gasteiger partial charge in [-0.15, -0.1) is 0 Å². The third kappa shape index (κ3) is 3.41. The zero-order chi connectivity index (χ0) is 18.7. The fourth-order valence-electron chi connectivity index (χ4n) is 2.78. The molecular weight excluding hydrogens is 354 g/mol. The second kappa shape index (κ2) is 7.58. The highest BCUT2D eigenvalue weighted by Crippen LogP contribution is 2.27. The number of methoxy groups -OCH3 is 1. The molecule has 1 atom stereocenters. The van der Waals surface area contributed by atoms with E-state index in [0.29, 0.717) is 33.8 Å². The largest absolute Gasteiger partial charge is 0.495 e. The molecular formula is C19H18ClN3O3. The van der Waals surface area contributed by atoms with Gasteiger partial charge in [0, 0.05) is 5.69 Å². The van der Waals surface area contributed by atoms with Crippen molar-refractivity contribution >= 4 is 34.1 Å². The van der Waals surface area contributed by atoms with E-state index in [1.165, 1.54) is 18.0 Å². The first-order chi connectivity index (χ1) is 12.5. The fraction of sp³-hybridized carbons (Fsp3) is 0.211. The molecule has 26 heavy (non-hydrogen) atoms. The molecule has 0 fully saturated rings. The quantitative estimate of drug-likeness (QED) is 0.743. The van der Waals surface area contributed by atoms with E-state index >= 15 is 0 Å². The Balaban J connectivity index is 1.91. The predicted octanol–water partition coefficient (Wildman–Crippen LogP) is 3.65. The number of carbonyl (C=O) groups excluding carboxylic acids is 1. The fourth-order valence-corrected chi connectivity index (χ4v) is 3.04. The average Bonchev–Trinajstić information content (AvgIpc) is 2.64. The van der Waals surface area contributed by atoms with Crippen LogP contribution in [0, 0.1) is 0 Å². The molecule has 0 saturated heterocycles. The number of amides is 1. The summed E-state index contributed by atoms with van der Waals surface area (Å²) in [4.78, 5) is 29.7. The summed E-state index contributed by atoms with van der Waals surface area (Å²) in [5.74, 6) is 0.208. The zero-order valence-electron chi connectivity index (χ0n) is 14.4. The Labute approximate surface area is 155 Å². The number of benzene rings is 2. The Morgan fingerprint density at radius 1 is 1.31 bits per heavy atom. The number of hydrogen-bond acceptors (Lipinski definition) is 4. The lowest BCUT2D eigenvalue weighted by molar-refractivity contribution is -0.119. The minimum atomic E-state index is -0.680. The Kier molecular flexibility index (Phi) is 5.23. The van der Waals surface area contributed by atoms with Gasteiger partial charge in [-0.05, 0) is 36.8 Å². The summed E-state index contributed by atoms with van der Waals surface area (Å²) in [7, 11) is 1.52. The lowest BCUT2D eigenvalue weighted by atomic mass is 10.1. The third-order valence-corrected chi connectivity index (χ3v) is 4.43. The molecule has 0 bridgehead atoms. The first-order valence-electron chi connectivity index (χ1n) is 8.15. The summed E-state index contributed by atoms with van der Waals surface area (Å²) >= 11 is 6.09. The van der Waals surface area contributed by atoms with Crippen molar-refractivity contribution in [3.05, 3.63) is 64.2 Å². The van der Waals surface area contributed by atoms with Gasteiger partial charge in [-0.3, -0.25) is 14.2 Å². The molecule has 1 aromatic heterocycles. The van der Waals surface area contributed by atoms with Crippen LogP contribution >= 0.6 is 11.6 Å². The summed E-state index contributed by atoms with van der Waals surface area (Å²) in [6.45, 7) is 1.84. The van der Waals surface area contributed by atoms with E-state index in [4.69, 9.17) is 16.3 Å². The third-order valence-electron chi connectivity index (χ3n) is 4.13. The van der Waals surface area contributed by atoms with Gasteiger partial charge in [-0.1, -0.05) is 30.7 Å². The van der Waals surface area contributed by atoms with Crippen molar-refractivity contribution in [1.29, 1.82) is 0 Å². The van der Waals surface area contributed by atoms with Crippen molar-refractivity contribution in [1.82, 2.24) is 9.55 Å². The molecule has 2 aromatic carbocycles. The van der Waals surface area contributed by atoms with Crippen LogP contribution in [0.15, 0.2) is 53.6 Å². The molecule has 0 saturated carbocycles. The number of rotatable bonds is 5. The second-order valence-electron chi connectivity index (χ2n) is 5.74. The number of halogens is 1. The molecule has 1 heterocycles. The van der Waals surface area contributed by atoms with E-state index in [2.05, 4.69) is 10.3 Å². The van der Waals surface area contributed by atoms with E-state index < -0.39 is 6.04 Å². The summed E-state index contributed by atoms with van der Waals surface area (Å²) in [6, 6.07) is 11.3. The molecule has 0 radical (unpaired) electrons. The Hall–Kier alpha value is -2.86. The first kappa shape index (κ1) is 17.9. The highest BCUT2D eigenvalue weighted by Gasteiger charge is 2.21. The lowest BCUT2D eigenvalue weighted by Gasteiger charge is -2.18. The lowest BCUT2D eigenvalue weighted by Crippen LogP contribution is -2.33. The maximum atomic E-state index is 12.7. The van der Waals surface area contributed by atoms with Crippen LogP contribution in [0.3, 0.4) is 0 Å². The monoisotopic (exact) mass is 371 g/mol. The molecule has 0 spiro atoms. The van der Waals surface area contributed by atoms with Gasteiger partial charge in [-0.2, -0.15) is 0 Å². The van der Waals surface area contributed by atoms with Crippen LogP contribution in [0.1, 0.15) is 19.4 Å². The summed E-state index contributed by atoms with van der Waals surface area (Å²) in [6.07, 6.45) is 1.86. The molecule has 6 nitrogen and oxygen atoms in total. The normalized spacial score (nSPS) is 12.0. The van der Waals surface area contributed by atoms with Gasteiger partial charge in [0.2, 0.25) is 5.91 Å². The average molecular weight is 372 g/mol. The van der Waals surface area contributed by atoms with Crippen molar-refractivity contribution in [3.8, 4) is 5.75 Å². The molecule has 3 aromatic rings. The first-order valence-corrected chi connectivity index (χ1v) is 8.53. The van der Waals surface area contributed by atoms with E-state index in [-0.39, 0.29) is 11.5 Å². The Bertz CT molecular complexity index is 1020. The van der Waals surface area contributed by atoms with Crippen molar-refractivity contribution < 1.29 is 9.53 Å². The van der Waals surface area contributed by atoms with Gasteiger partial charge in [-0.25, -0.2) is 4.98 Å². The summed E-state index contributed by atoms with van der Waals surface area (Å²) < 4.78 is 6.47. The van der Waals surface area contributed by atoms with Crippen LogP contribution in [-0.4, -0.2) is 22.6 Å². The standard InChI is InChI=1S/C19H18ClN3O3/c1-3-16(18(24)22-12-8-9-17(26-2)14(20)10-12)23-11-21-15-7-5-4-6-13(15)19(23)25/h4-11,16H,3H2,1-2H3,(H,22,24). The number of para-hydroxylation sites is 1. The van der Waals surface area contributed by atoms with Crippen LogP contribution in [0.4, 0.5) is 5.69 Å². The van der Waals surface area contributed by atoms with Crippen LogP contribution < -0.4 is 15.6 Å². The maximum Gasteiger partial charge on any atom is 0.261 e. The van der Waals surface area contributed by atoms with Gasteiger partial charge in [0.25, 0.3) is 5.56 Å². The van der Waals surface area contributed by atoms with Crippen LogP contribution in [0.2, 0.25) is 5.02 Å². The van der Waals surface area contributed by atoms with Gasteiger partial charge in [0.15, 0.2) is 0 Å². The highest BCUT2D eigenvalue weighted by molar-refractivity contribution is 6.32. The number of carbonyl (C=O) groups is 1. The van der Waals surface area contributed by atoms with E-state index in [1.54, 1.807) is 36.4 Å². The van der Waals surface area contributed by atoms with Crippen LogP contribution in [-0.2, 0) is 4.79 Å². The van der Waals surface area contributed by atoms with Crippen molar-refractivity contribution in [2.75, 3.05) is 12.4 Å². The zero-order valence-corrected chi connectivity index (χ0v) is 15.2. The number of aromatic nitrogens is 2. The van der Waals surface area contributed by atoms with Gasteiger partial charge in [0.1, 0.15) is 11.8 Å². The van der Waals surface area contributed by atoms with E-state index in [1.807, 2.05) is 13.0 Å². The predicted molar refractivity (Wildman–Crippen MR) is 102 cm³/mol. The second-order valence-corrected chi connectivity index (χ2v) is 6.14. The Morgan fingerprint density at radius 3 is 2.77 bits per heavy atom. The maximum absolute atomic E-state index is 12.7. The molecule has 134 valence electrons. The SMILES string of the molecule is CCC(C(=O)Nc1ccc(OC)c(Cl)c1)n1cnc2ccccc2c1=O. The van der Waals surface area contributed by atoms with Gasteiger partial charge < -0.3 is 10.1 Å². The molecule has 0 aliphatic heterocycles. The van der Waals surface area contributed by atoms with E-state index in [0.717, 1.165) is 0 Å². The summed E-state index contributed by atoms with van der Waals surface area (Å²) in [5, 5.41) is 3.66. The molecule has 7 heteroatoms. The van der Waals surface area contributed by atoms with Crippen molar-refractivity contribution in [2.24, 2.45) is 0 Å². The van der Waals surface area contributed by atoms with Crippen LogP contribution in [0.25, 0.3) is 10.9 Å². The van der Waals surface area contributed by atoms with Gasteiger partial charge >= 0.3 is 0 Å². The number of ether oxygens (including phenoxy) is 1. The minimum Gasteiger partial charge on any atom is -0.495 e. The minimum absolute atomic E-state index is 0.245. The topological polar surface area (TPSA) is 73.2 Å². The molecule has 1 amide bonds.